The zero-order valence-electron chi connectivity index (χ0n) is 9.97. The van der Waals surface area contributed by atoms with E-state index in [1.54, 1.807) is 30.0 Å². The van der Waals surface area contributed by atoms with Crippen LogP contribution in [-0.2, 0) is 4.74 Å². The predicted molar refractivity (Wildman–Crippen MR) is 69.2 cm³/mol. The summed E-state index contributed by atoms with van der Waals surface area (Å²) in [5.41, 5.74) is 6.87. The van der Waals surface area contributed by atoms with Crippen molar-refractivity contribution < 1.29 is 14.6 Å². The normalized spacial score (nSPS) is 12.2. The fourth-order valence-electron chi connectivity index (χ4n) is 1.36. The molecule has 94 valence electrons. The Bertz CT molecular complexity index is 395. The van der Waals surface area contributed by atoms with Gasteiger partial charge < -0.3 is 15.6 Å². The van der Waals surface area contributed by atoms with E-state index < -0.39 is 5.97 Å². The van der Waals surface area contributed by atoms with E-state index in [9.17, 15) is 4.79 Å². The summed E-state index contributed by atoms with van der Waals surface area (Å²) in [6.07, 6.45) is 0.711. The van der Waals surface area contributed by atoms with Crippen molar-refractivity contribution in [1.82, 2.24) is 0 Å². The molecule has 0 fully saturated rings. The molecule has 1 rings (SSSR count). The van der Waals surface area contributed by atoms with Gasteiger partial charge in [0.2, 0.25) is 0 Å². The second-order valence-corrected chi connectivity index (χ2v) is 5.17. The Morgan fingerprint density at radius 3 is 2.82 bits per heavy atom. The first-order valence-corrected chi connectivity index (χ1v) is 6.21. The number of hydrogen-bond donors (Lipinski definition) is 2. The van der Waals surface area contributed by atoms with Crippen LogP contribution in [0, 0.1) is 0 Å². The SMILES string of the molecule is COC(=O)c1ccc(SC(C)CCO)c(N)c1. The number of thioether (sulfide) groups is 1. The highest BCUT2D eigenvalue weighted by molar-refractivity contribution is 8.00. The number of rotatable bonds is 5. The highest BCUT2D eigenvalue weighted by atomic mass is 32.2. The number of methoxy groups -OCH3 is 1. The highest BCUT2D eigenvalue weighted by Gasteiger charge is 2.10. The van der Waals surface area contributed by atoms with Crippen molar-refractivity contribution >= 4 is 23.4 Å². The molecule has 0 aromatic heterocycles. The Morgan fingerprint density at radius 2 is 2.29 bits per heavy atom. The molecule has 5 heteroatoms. The maximum absolute atomic E-state index is 11.3. The number of ether oxygens (including phenoxy) is 1. The maximum Gasteiger partial charge on any atom is 0.337 e. The van der Waals surface area contributed by atoms with E-state index in [2.05, 4.69) is 4.74 Å². The number of carbonyl (C=O) groups is 1. The second kappa shape index (κ2) is 6.51. The second-order valence-electron chi connectivity index (χ2n) is 3.68. The Labute approximate surface area is 105 Å². The van der Waals surface area contributed by atoms with Crippen LogP contribution < -0.4 is 5.73 Å². The fraction of sp³-hybridized carbons (Fsp3) is 0.417. The summed E-state index contributed by atoms with van der Waals surface area (Å²) < 4.78 is 4.62. The van der Waals surface area contributed by atoms with E-state index in [0.29, 0.717) is 17.7 Å². The van der Waals surface area contributed by atoms with Crippen LogP contribution in [0.1, 0.15) is 23.7 Å². The highest BCUT2D eigenvalue weighted by Crippen LogP contribution is 2.30. The molecule has 1 atom stereocenters. The summed E-state index contributed by atoms with van der Waals surface area (Å²) in [7, 11) is 1.34. The topological polar surface area (TPSA) is 72.5 Å². The molecule has 1 aromatic rings. The predicted octanol–water partition coefficient (Wildman–Crippen LogP) is 1.92. The first kappa shape index (κ1) is 13.9. The Kier molecular flexibility index (Phi) is 5.31. The first-order valence-electron chi connectivity index (χ1n) is 5.33. The van der Waals surface area contributed by atoms with E-state index in [0.717, 1.165) is 4.90 Å². The monoisotopic (exact) mass is 255 g/mol. The number of nitrogens with two attached hydrogens (primary N) is 1. The van der Waals surface area contributed by atoms with E-state index in [-0.39, 0.29) is 11.9 Å². The molecule has 0 spiro atoms. The Balaban J connectivity index is 2.79. The van der Waals surface area contributed by atoms with Crippen LogP contribution >= 0.6 is 11.8 Å². The van der Waals surface area contributed by atoms with E-state index in [1.165, 1.54) is 7.11 Å². The van der Waals surface area contributed by atoms with Gasteiger partial charge in [-0.15, -0.1) is 11.8 Å². The number of anilines is 1. The van der Waals surface area contributed by atoms with E-state index >= 15 is 0 Å². The van der Waals surface area contributed by atoms with Gasteiger partial charge in [0.05, 0.1) is 12.7 Å². The van der Waals surface area contributed by atoms with Gasteiger partial charge in [0.25, 0.3) is 0 Å². The summed E-state index contributed by atoms with van der Waals surface area (Å²) in [5, 5.41) is 9.11. The van der Waals surface area contributed by atoms with Gasteiger partial charge in [0.15, 0.2) is 0 Å². The number of benzene rings is 1. The molecule has 1 aromatic carbocycles. The van der Waals surface area contributed by atoms with Gasteiger partial charge in [-0.2, -0.15) is 0 Å². The van der Waals surface area contributed by atoms with E-state index in [4.69, 9.17) is 10.8 Å². The van der Waals surface area contributed by atoms with Gasteiger partial charge in [0.1, 0.15) is 0 Å². The molecule has 0 saturated heterocycles. The average Bonchev–Trinajstić information content (AvgIpc) is 2.31. The molecular weight excluding hydrogens is 238 g/mol. The van der Waals surface area contributed by atoms with Crippen molar-refractivity contribution in [2.45, 2.75) is 23.5 Å². The molecule has 1 unspecified atom stereocenters. The molecule has 0 aliphatic rings. The van der Waals surface area contributed by atoms with Gasteiger partial charge in [-0.3, -0.25) is 0 Å². The van der Waals surface area contributed by atoms with Gasteiger partial charge in [-0.25, -0.2) is 4.79 Å². The van der Waals surface area contributed by atoms with Gasteiger partial charge in [-0.05, 0) is 24.6 Å². The molecular formula is C12H17NO3S. The molecule has 0 radical (unpaired) electrons. The lowest BCUT2D eigenvalue weighted by atomic mass is 10.2. The van der Waals surface area contributed by atoms with Crippen molar-refractivity contribution in [3.63, 3.8) is 0 Å². The minimum atomic E-state index is -0.392. The van der Waals surface area contributed by atoms with Crippen LogP contribution in [0.2, 0.25) is 0 Å². The minimum absolute atomic E-state index is 0.161. The van der Waals surface area contributed by atoms with E-state index in [1.807, 2.05) is 6.92 Å². The van der Waals surface area contributed by atoms with Crippen molar-refractivity contribution in [2.75, 3.05) is 19.5 Å². The number of nitrogen functional groups attached to an aromatic ring is 1. The largest absolute Gasteiger partial charge is 0.465 e. The maximum atomic E-state index is 11.3. The number of esters is 1. The zero-order valence-corrected chi connectivity index (χ0v) is 10.8. The van der Waals surface area contributed by atoms with Crippen LogP contribution in [0.3, 0.4) is 0 Å². The standard InChI is InChI=1S/C12H17NO3S/c1-8(5-6-14)17-11-4-3-9(7-10(11)13)12(15)16-2/h3-4,7-8,14H,5-6,13H2,1-2H3. The molecule has 0 aliphatic heterocycles. The molecule has 0 heterocycles. The summed E-state index contributed by atoms with van der Waals surface area (Å²) in [6.45, 7) is 2.18. The average molecular weight is 255 g/mol. The van der Waals surface area contributed by atoms with Crippen LogP contribution in [0.15, 0.2) is 23.1 Å². The van der Waals surface area contributed by atoms with Crippen molar-refractivity contribution in [1.29, 1.82) is 0 Å². The lowest BCUT2D eigenvalue weighted by Crippen LogP contribution is -2.04. The summed E-state index contributed by atoms with van der Waals surface area (Å²) in [5.74, 6) is -0.392. The summed E-state index contributed by atoms with van der Waals surface area (Å²) in [4.78, 5) is 12.2. The lowest BCUT2D eigenvalue weighted by molar-refractivity contribution is 0.0600. The van der Waals surface area contributed by atoms with Crippen molar-refractivity contribution in [2.24, 2.45) is 0 Å². The third kappa shape index (κ3) is 3.94. The molecule has 0 amide bonds. The Hall–Kier alpha value is -1.20. The third-order valence-electron chi connectivity index (χ3n) is 2.29. The zero-order chi connectivity index (χ0) is 12.8. The van der Waals surface area contributed by atoms with Gasteiger partial charge in [-0.1, -0.05) is 6.92 Å². The molecule has 4 nitrogen and oxygen atoms in total. The van der Waals surface area contributed by atoms with Crippen LogP contribution in [0.5, 0.6) is 0 Å². The van der Waals surface area contributed by atoms with Crippen LogP contribution in [-0.4, -0.2) is 30.0 Å². The summed E-state index contributed by atoms with van der Waals surface area (Å²) in [6, 6.07) is 5.11. The molecule has 0 saturated carbocycles. The molecule has 0 aliphatic carbocycles. The third-order valence-corrected chi connectivity index (χ3v) is 3.56. The quantitative estimate of drug-likeness (QED) is 0.478. The lowest BCUT2D eigenvalue weighted by Gasteiger charge is -2.12. The number of carbonyl (C=O) groups excluding carboxylic acids is 1. The summed E-state index contributed by atoms with van der Waals surface area (Å²) >= 11 is 1.59. The number of aliphatic hydroxyl groups excluding tert-OH is 1. The first-order chi connectivity index (χ1) is 8.08. The van der Waals surface area contributed by atoms with Crippen LogP contribution in [0.25, 0.3) is 0 Å². The van der Waals surface area contributed by atoms with Gasteiger partial charge >= 0.3 is 5.97 Å². The molecule has 0 bridgehead atoms. The number of hydrogen-bond acceptors (Lipinski definition) is 5. The van der Waals surface area contributed by atoms with Gasteiger partial charge in [0, 0.05) is 22.4 Å². The molecule has 17 heavy (non-hydrogen) atoms. The number of aliphatic hydroxyl groups is 1. The fourth-order valence-corrected chi connectivity index (χ4v) is 2.36. The van der Waals surface area contributed by atoms with Crippen molar-refractivity contribution in [3.8, 4) is 0 Å². The van der Waals surface area contributed by atoms with Crippen LogP contribution in [0.4, 0.5) is 5.69 Å². The van der Waals surface area contributed by atoms with Crippen molar-refractivity contribution in [3.05, 3.63) is 23.8 Å². The Morgan fingerprint density at radius 1 is 1.59 bits per heavy atom. The molecule has 3 N–H and O–H groups in total. The minimum Gasteiger partial charge on any atom is -0.465 e. The smallest absolute Gasteiger partial charge is 0.337 e.